The van der Waals surface area contributed by atoms with Gasteiger partial charge in [-0.05, 0) is 62.0 Å². The van der Waals surface area contributed by atoms with Crippen LogP contribution < -0.4 is 15.5 Å². The number of H-pyrrole nitrogens is 1. The van der Waals surface area contributed by atoms with Crippen LogP contribution in [-0.2, 0) is 0 Å². The number of nitrogens with one attached hydrogen (secondary N) is 3. The third-order valence-corrected chi connectivity index (χ3v) is 6.70. The van der Waals surface area contributed by atoms with Crippen LogP contribution in [0.3, 0.4) is 0 Å². The van der Waals surface area contributed by atoms with E-state index in [0.29, 0.717) is 22.3 Å². The first-order valence-electron chi connectivity index (χ1n) is 12.2. The second kappa shape index (κ2) is 10.2. The fourth-order valence-corrected chi connectivity index (χ4v) is 4.42. The summed E-state index contributed by atoms with van der Waals surface area (Å²) in [5.74, 6) is -0.0454. The lowest BCUT2D eigenvalue weighted by molar-refractivity contribution is 0.0939. The van der Waals surface area contributed by atoms with Crippen LogP contribution in [0.5, 0.6) is 0 Å². The molecule has 4 aromatic rings. The van der Waals surface area contributed by atoms with Gasteiger partial charge in [-0.2, -0.15) is 5.10 Å². The summed E-state index contributed by atoms with van der Waals surface area (Å²) in [4.78, 5) is 30.5. The largest absolute Gasteiger partial charge is 0.369 e. The van der Waals surface area contributed by atoms with E-state index in [9.17, 15) is 9.59 Å². The number of aromatic amines is 1. The van der Waals surface area contributed by atoms with E-state index in [2.05, 4.69) is 37.7 Å². The molecule has 1 aliphatic rings. The van der Waals surface area contributed by atoms with Crippen molar-refractivity contribution in [1.82, 2.24) is 20.4 Å². The van der Waals surface area contributed by atoms with E-state index in [1.165, 1.54) is 0 Å². The number of aromatic nitrogens is 2. The van der Waals surface area contributed by atoms with Gasteiger partial charge in [-0.3, -0.25) is 14.7 Å². The Hall–Kier alpha value is -4.17. The standard InChI is InChI=1S/C28H30N6O2/c1-19(20-6-4-3-5-7-20)29-28(36)22-10-13-25-24(18-22)26(32-31-25)30-27(35)21-8-11-23(12-9-21)34-16-14-33(2)15-17-34/h3-13,18-19H,14-17H2,1-2H3,(H,29,36)(H2,30,31,32,35)/t19-/m0/s1. The Morgan fingerprint density at radius 3 is 2.31 bits per heavy atom. The lowest BCUT2D eigenvalue weighted by Crippen LogP contribution is -2.44. The summed E-state index contributed by atoms with van der Waals surface area (Å²) in [6.45, 7) is 5.95. The lowest BCUT2D eigenvalue weighted by atomic mass is 10.1. The molecule has 8 nitrogen and oxygen atoms in total. The van der Waals surface area contributed by atoms with Crippen molar-refractivity contribution in [1.29, 1.82) is 0 Å². The highest BCUT2D eigenvalue weighted by atomic mass is 16.2. The molecule has 0 radical (unpaired) electrons. The summed E-state index contributed by atoms with van der Waals surface area (Å²) in [6.07, 6.45) is 0. The molecule has 0 saturated carbocycles. The van der Waals surface area contributed by atoms with Gasteiger partial charge in [-0.15, -0.1) is 0 Å². The normalized spacial score (nSPS) is 15.0. The van der Waals surface area contributed by atoms with Crippen molar-refractivity contribution >= 4 is 34.2 Å². The molecule has 1 atom stereocenters. The number of benzene rings is 3. The molecule has 1 fully saturated rings. The number of carbonyl (C=O) groups is 2. The van der Waals surface area contributed by atoms with Crippen molar-refractivity contribution in [2.24, 2.45) is 0 Å². The predicted molar refractivity (Wildman–Crippen MR) is 143 cm³/mol. The van der Waals surface area contributed by atoms with E-state index >= 15 is 0 Å². The molecule has 184 valence electrons. The number of rotatable bonds is 6. The molecule has 8 heteroatoms. The monoisotopic (exact) mass is 482 g/mol. The maximum atomic E-state index is 12.9. The Kier molecular flexibility index (Phi) is 6.69. The molecule has 5 rings (SSSR count). The van der Waals surface area contributed by atoms with E-state index in [0.717, 1.165) is 42.9 Å². The van der Waals surface area contributed by atoms with Crippen molar-refractivity contribution < 1.29 is 9.59 Å². The molecule has 0 bridgehead atoms. The Balaban J connectivity index is 1.28. The van der Waals surface area contributed by atoms with Crippen LogP contribution in [0.25, 0.3) is 10.9 Å². The van der Waals surface area contributed by atoms with Gasteiger partial charge >= 0.3 is 0 Å². The van der Waals surface area contributed by atoms with E-state index in [-0.39, 0.29) is 17.9 Å². The molecule has 36 heavy (non-hydrogen) atoms. The number of piperazine rings is 1. The average molecular weight is 483 g/mol. The first-order valence-corrected chi connectivity index (χ1v) is 12.2. The molecule has 0 unspecified atom stereocenters. The van der Waals surface area contributed by atoms with Crippen LogP contribution >= 0.6 is 0 Å². The van der Waals surface area contributed by atoms with Gasteiger partial charge in [0.05, 0.1) is 11.6 Å². The zero-order valence-electron chi connectivity index (χ0n) is 20.5. The highest BCUT2D eigenvalue weighted by Crippen LogP contribution is 2.24. The van der Waals surface area contributed by atoms with Crippen LogP contribution in [0.15, 0.2) is 72.8 Å². The minimum absolute atomic E-state index is 0.133. The summed E-state index contributed by atoms with van der Waals surface area (Å²) < 4.78 is 0. The summed E-state index contributed by atoms with van der Waals surface area (Å²) >= 11 is 0. The number of likely N-dealkylation sites (N-methyl/N-ethyl adjacent to an activating group) is 1. The predicted octanol–water partition coefficient (Wildman–Crippen LogP) is 4.06. The lowest BCUT2D eigenvalue weighted by Gasteiger charge is -2.34. The Labute approximate surface area is 210 Å². The Morgan fingerprint density at radius 2 is 1.58 bits per heavy atom. The quantitative estimate of drug-likeness (QED) is 0.385. The Bertz CT molecular complexity index is 1360. The zero-order valence-corrected chi connectivity index (χ0v) is 20.5. The van der Waals surface area contributed by atoms with E-state index in [4.69, 9.17) is 0 Å². The fourth-order valence-electron chi connectivity index (χ4n) is 4.42. The third-order valence-electron chi connectivity index (χ3n) is 6.70. The molecular weight excluding hydrogens is 452 g/mol. The van der Waals surface area contributed by atoms with Crippen LogP contribution in [0.1, 0.15) is 39.2 Å². The van der Waals surface area contributed by atoms with E-state index in [1.54, 1.807) is 18.2 Å². The smallest absolute Gasteiger partial charge is 0.256 e. The minimum Gasteiger partial charge on any atom is -0.369 e. The zero-order chi connectivity index (χ0) is 25.1. The number of carbonyl (C=O) groups excluding carboxylic acids is 2. The van der Waals surface area contributed by atoms with Gasteiger partial charge in [0, 0.05) is 48.4 Å². The summed E-state index contributed by atoms with van der Waals surface area (Å²) in [7, 11) is 2.13. The molecule has 3 aromatic carbocycles. The molecule has 0 spiro atoms. The SMILES string of the molecule is C[C@H](NC(=O)c1ccc2[nH]nc(NC(=O)c3ccc(N4CCN(C)CC4)cc3)c2c1)c1ccccc1. The van der Waals surface area contributed by atoms with Gasteiger partial charge in [0.1, 0.15) is 0 Å². The average Bonchev–Trinajstić information content (AvgIpc) is 3.31. The summed E-state index contributed by atoms with van der Waals surface area (Å²) in [6, 6.07) is 22.6. The highest BCUT2D eigenvalue weighted by molar-refractivity contribution is 6.09. The van der Waals surface area contributed by atoms with Crippen molar-refractivity contribution in [3.05, 3.63) is 89.5 Å². The topological polar surface area (TPSA) is 93.4 Å². The number of anilines is 2. The second-order valence-corrected chi connectivity index (χ2v) is 9.23. The first kappa shape index (κ1) is 23.6. The van der Waals surface area contributed by atoms with Crippen LogP contribution in [0, 0.1) is 0 Å². The molecule has 1 aliphatic heterocycles. The third kappa shape index (κ3) is 5.08. The van der Waals surface area contributed by atoms with Crippen molar-refractivity contribution in [3.63, 3.8) is 0 Å². The number of nitrogens with zero attached hydrogens (tertiary/aromatic N) is 3. The van der Waals surface area contributed by atoms with Gasteiger partial charge < -0.3 is 20.4 Å². The van der Waals surface area contributed by atoms with Gasteiger partial charge in [-0.25, -0.2) is 0 Å². The van der Waals surface area contributed by atoms with Crippen molar-refractivity contribution in [3.8, 4) is 0 Å². The van der Waals surface area contributed by atoms with Crippen LogP contribution in [-0.4, -0.2) is 60.1 Å². The van der Waals surface area contributed by atoms with E-state index in [1.807, 2.05) is 61.5 Å². The number of hydrogen-bond acceptors (Lipinski definition) is 5. The van der Waals surface area contributed by atoms with Crippen LogP contribution in [0.2, 0.25) is 0 Å². The van der Waals surface area contributed by atoms with Gasteiger partial charge in [0.25, 0.3) is 11.8 Å². The molecule has 1 aromatic heterocycles. The van der Waals surface area contributed by atoms with Gasteiger partial charge in [-0.1, -0.05) is 30.3 Å². The fraction of sp³-hybridized carbons (Fsp3) is 0.250. The molecule has 2 heterocycles. The van der Waals surface area contributed by atoms with Crippen LogP contribution in [0.4, 0.5) is 11.5 Å². The van der Waals surface area contributed by atoms with Crippen molar-refractivity contribution in [2.45, 2.75) is 13.0 Å². The molecule has 1 saturated heterocycles. The number of amides is 2. The number of fused-ring (bicyclic) bond motifs is 1. The molecule has 0 aliphatic carbocycles. The van der Waals surface area contributed by atoms with E-state index < -0.39 is 0 Å². The highest BCUT2D eigenvalue weighted by Gasteiger charge is 2.17. The second-order valence-electron chi connectivity index (χ2n) is 9.23. The minimum atomic E-state index is -0.249. The summed E-state index contributed by atoms with van der Waals surface area (Å²) in [5, 5.41) is 13.8. The maximum Gasteiger partial charge on any atom is 0.256 e. The van der Waals surface area contributed by atoms with Crippen molar-refractivity contribution in [2.75, 3.05) is 43.4 Å². The molecule has 3 N–H and O–H groups in total. The van der Waals surface area contributed by atoms with Gasteiger partial charge in [0.15, 0.2) is 5.82 Å². The first-order chi connectivity index (χ1) is 17.5. The molecular formula is C28H30N6O2. The molecule has 2 amide bonds. The van der Waals surface area contributed by atoms with Gasteiger partial charge in [0.2, 0.25) is 0 Å². The Morgan fingerprint density at radius 1 is 0.889 bits per heavy atom. The number of hydrogen-bond donors (Lipinski definition) is 3. The maximum absolute atomic E-state index is 12.9. The summed E-state index contributed by atoms with van der Waals surface area (Å²) in [5.41, 5.74) is 3.93.